The molecule has 500 valence electrons. The minimum atomic E-state index is -2.20. The fourth-order valence-corrected chi connectivity index (χ4v) is 18.0. The van der Waals surface area contributed by atoms with E-state index in [0.29, 0.717) is 32.1 Å². The summed E-state index contributed by atoms with van der Waals surface area (Å²) in [5.74, 6) is -1.90. The van der Waals surface area contributed by atoms with Gasteiger partial charge < -0.3 is 129 Å². The number of fused-ring (bicyclic) bond motifs is 7. The molecule has 27 heteroatoms. The molecular formula is C60H98O27. The summed E-state index contributed by atoms with van der Waals surface area (Å²) >= 11 is 0. The fraction of sp³-hybridized carbons (Fsp3) is 0.950. The van der Waals surface area contributed by atoms with Crippen molar-refractivity contribution in [3.8, 4) is 0 Å². The Kier molecular flexibility index (Phi) is 19.2. The van der Waals surface area contributed by atoms with E-state index in [0.717, 1.165) is 12.8 Å². The number of hydrogen-bond donors (Lipinski definition) is 16. The van der Waals surface area contributed by atoms with Crippen molar-refractivity contribution in [2.75, 3.05) is 13.2 Å². The number of aliphatic hydroxyl groups excluding tert-OH is 15. The quantitative estimate of drug-likeness (QED) is 0.0663. The van der Waals surface area contributed by atoms with Crippen LogP contribution in [0.4, 0.5) is 0 Å². The maximum absolute atomic E-state index is 12.8. The normalized spacial score (nSPS) is 56.9. The Labute approximate surface area is 506 Å². The van der Waals surface area contributed by atoms with E-state index >= 15 is 0 Å². The van der Waals surface area contributed by atoms with Crippen LogP contribution in [-0.2, 0) is 52.2 Å². The van der Waals surface area contributed by atoms with Gasteiger partial charge in [-0.2, -0.15) is 0 Å². The lowest BCUT2D eigenvalue weighted by molar-refractivity contribution is -0.410. The van der Waals surface area contributed by atoms with Gasteiger partial charge in [-0.3, -0.25) is 0 Å². The van der Waals surface area contributed by atoms with Crippen LogP contribution >= 0.6 is 0 Å². The summed E-state index contributed by atoms with van der Waals surface area (Å²) in [5.41, 5.74) is -2.17. The molecule has 9 fully saturated rings. The van der Waals surface area contributed by atoms with Crippen LogP contribution in [-0.4, -0.2) is 273 Å². The third-order valence-electron chi connectivity index (χ3n) is 23.9. The molecule has 87 heavy (non-hydrogen) atoms. The van der Waals surface area contributed by atoms with E-state index in [2.05, 4.69) is 33.8 Å². The molecule has 0 radical (unpaired) electrons. The highest BCUT2D eigenvalue weighted by atomic mass is 16.8. The van der Waals surface area contributed by atoms with Crippen LogP contribution in [0.5, 0.6) is 0 Å². The summed E-state index contributed by atoms with van der Waals surface area (Å²) in [6.45, 7) is 18.0. The third kappa shape index (κ3) is 11.0. The van der Waals surface area contributed by atoms with Gasteiger partial charge in [0, 0.05) is 10.8 Å². The second kappa shape index (κ2) is 24.5. The lowest BCUT2D eigenvalue weighted by Gasteiger charge is -2.72. The van der Waals surface area contributed by atoms with E-state index < -0.39 is 213 Å². The first-order valence-electron chi connectivity index (χ1n) is 31.1. The molecule has 10 rings (SSSR count). The van der Waals surface area contributed by atoms with Gasteiger partial charge in [0.25, 0.3) is 0 Å². The SMILES string of the molecule is C[C@@H]1O[C@H](O[C@H]2[C@H](O)[C@@H](CO)O[C@@H](O[C@H]3[C@@H](O[C@H]4CC[C@]5(C)[C@H](CC[C@]6(C)[C@H]5CC=C5[C@H]7CC(C)(C)[C@H](O[C@H]8O[C@@H](C)[C@@H](O)[C@H](O)[C@@H]8O)[C@H](O)[C@]7(C)CC[C@]56C)[C@]4(C)CO)O[C@@H](C(=O)O)[C@@H](O)[C@@H]3O)[C@H]2O[C@H]2O[C@H](C)[C@@H](O)[C@@H](O)[C@@H]2O)[C@H](O)[C@@H](O)[C@H]1O. The van der Waals surface area contributed by atoms with Gasteiger partial charge in [-0.1, -0.05) is 60.1 Å². The predicted octanol–water partition coefficient (Wildman–Crippen LogP) is -2.62. The second-order valence-electron chi connectivity index (χ2n) is 29.2. The highest BCUT2D eigenvalue weighted by Crippen LogP contribution is 2.76. The number of hydrogen-bond acceptors (Lipinski definition) is 26. The minimum absolute atomic E-state index is 0.0581. The lowest BCUT2D eigenvalue weighted by Crippen LogP contribution is -2.69. The Morgan fingerprint density at radius 3 is 1.56 bits per heavy atom. The van der Waals surface area contributed by atoms with Crippen molar-refractivity contribution in [1.29, 1.82) is 0 Å². The molecule has 36 atom stereocenters. The fourth-order valence-electron chi connectivity index (χ4n) is 18.0. The molecule has 16 N–H and O–H groups in total. The summed E-state index contributed by atoms with van der Waals surface area (Å²) in [7, 11) is 0. The van der Waals surface area contributed by atoms with Gasteiger partial charge in [0.2, 0.25) is 0 Å². The van der Waals surface area contributed by atoms with Gasteiger partial charge >= 0.3 is 5.97 Å². The Hall–Kier alpha value is -1.79. The molecular weight excluding hydrogens is 1150 g/mol. The molecule has 0 unspecified atom stereocenters. The summed E-state index contributed by atoms with van der Waals surface area (Å²) in [6, 6.07) is 0. The molecule has 0 bridgehead atoms. The molecule has 0 aromatic rings. The average molecular weight is 1250 g/mol. The molecule has 4 saturated carbocycles. The number of carbonyl (C=O) groups is 1. The zero-order valence-electron chi connectivity index (χ0n) is 51.2. The van der Waals surface area contributed by atoms with Crippen molar-refractivity contribution in [3.05, 3.63) is 11.6 Å². The number of allylic oxidation sites excluding steroid dienone is 2. The van der Waals surface area contributed by atoms with Crippen LogP contribution in [0.2, 0.25) is 0 Å². The highest BCUT2D eigenvalue weighted by Gasteiger charge is 2.71. The van der Waals surface area contributed by atoms with Gasteiger partial charge in [-0.25, -0.2) is 4.79 Å². The summed E-state index contributed by atoms with van der Waals surface area (Å²) in [4.78, 5) is 12.8. The van der Waals surface area contributed by atoms with Crippen molar-refractivity contribution in [2.45, 2.75) is 292 Å². The third-order valence-corrected chi connectivity index (χ3v) is 23.9. The van der Waals surface area contributed by atoms with Gasteiger partial charge in [0.1, 0.15) is 97.7 Å². The largest absolute Gasteiger partial charge is 0.479 e. The van der Waals surface area contributed by atoms with E-state index in [1.54, 1.807) is 6.92 Å². The molecule has 0 amide bonds. The van der Waals surface area contributed by atoms with Gasteiger partial charge in [-0.15, -0.1) is 0 Å². The standard InChI is InChI=1S/C60H98O27/c1-22-31(63)35(67)40(72)50(78-22)83-43-34(66)27(20-61)81-54(46(43)86-51-41(73)36(68)32(64)23(2)79-51)85-45-39(71)38(70)44(49(76)77)84-53(45)82-30-14-15-57(7)28(58(30,8)21-62)13-16-60(10)29(57)12-11-25-26-19-55(4,5)48(47(75)56(26,6)17-18-59(25,60)9)87-52-42(74)37(69)33(65)24(3)80-52/h11,22-24,26-48,50-54,61-75H,12-21H2,1-10H3,(H,76,77)/t22-,23+,24-,26+,27+,28-,29-,30-,31-,32+,33+,34+,35-,36+,37-,38-,39-,40+,41-,42-,43-,44+,45+,46-,47-,48+,50+,51+,52+,53-,54-,56+,57+,58-,59+,60+/m0/s1. The molecule has 0 aromatic carbocycles. The Morgan fingerprint density at radius 1 is 0.517 bits per heavy atom. The number of carboxylic acids is 1. The van der Waals surface area contributed by atoms with Crippen molar-refractivity contribution in [2.24, 2.45) is 50.2 Å². The summed E-state index contributed by atoms with van der Waals surface area (Å²) in [5, 5.41) is 177. The maximum Gasteiger partial charge on any atom is 0.335 e. The van der Waals surface area contributed by atoms with Crippen LogP contribution < -0.4 is 0 Å². The van der Waals surface area contributed by atoms with Crippen LogP contribution in [0.3, 0.4) is 0 Å². The molecule has 5 heterocycles. The highest BCUT2D eigenvalue weighted by molar-refractivity contribution is 5.73. The van der Waals surface area contributed by atoms with Crippen molar-refractivity contribution >= 4 is 5.97 Å². The minimum Gasteiger partial charge on any atom is -0.479 e. The first-order valence-corrected chi connectivity index (χ1v) is 31.1. The van der Waals surface area contributed by atoms with Gasteiger partial charge in [0.15, 0.2) is 37.6 Å². The zero-order chi connectivity index (χ0) is 63.9. The van der Waals surface area contributed by atoms with Crippen LogP contribution in [0.25, 0.3) is 0 Å². The van der Waals surface area contributed by atoms with Crippen LogP contribution in [0.15, 0.2) is 11.6 Å². The van der Waals surface area contributed by atoms with Crippen molar-refractivity contribution in [1.82, 2.24) is 0 Å². The Bertz CT molecular complexity index is 2460. The monoisotopic (exact) mass is 1250 g/mol. The average Bonchev–Trinajstić information content (AvgIpc) is 0.686. The van der Waals surface area contributed by atoms with E-state index in [-0.39, 0.29) is 35.0 Å². The second-order valence-corrected chi connectivity index (χ2v) is 29.2. The predicted molar refractivity (Wildman–Crippen MR) is 294 cm³/mol. The maximum atomic E-state index is 12.8. The Morgan fingerprint density at radius 2 is 1.03 bits per heavy atom. The van der Waals surface area contributed by atoms with Crippen LogP contribution in [0.1, 0.15) is 121 Å². The number of aliphatic hydroxyl groups is 15. The smallest absolute Gasteiger partial charge is 0.335 e. The molecule has 10 aliphatic rings. The summed E-state index contributed by atoms with van der Waals surface area (Å²) < 4.78 is 61.6. The molecule has 0 spiro atoms. The van der Waals surface area contributed by atoms with Gasteiger partial charge in [-0.05, 0) is 112 Å². The Balaban J connectivity index is 0.927. The molecule has 5 aliphatic heterocycles. The first-order chi connectivity index (χ1) is 40.6. The van der Waals surface area contributed by atoms with Crippen LogP contribution in [0, 0.1) is 50.2 Å². The molecule has 5 aliphatic carbocycles. The van der Waals surface area contributed by atoms with Gasteiger partial charge in [0.05, 0.1) is 49.8 Å². The van der Waals surface area contributed by atoms with E-state index in [1.165, 1.54) is 19.4 Å². The zero-order valence-corrected chi connectivity index (χ0v) is 51.2. The first kappa shape index (κ1) is 68.1. The van der Waals surface area contributed by atoms with E-state index in [9.17, 15) is 86.5 Å². The van der Waals surface area contributed by atoms with E-state index in [1.807, 2.05) is 20.8 Å². The van der Waals surface area contributed by atoms with Crippen molar-refractivity contribution in [3.63, 3.8) is 0 Å². The van der Waals surface area contributed by atoms with Crippen molar-refractivity contribution < 1.29 is 134 Å². The topological polar surface area (TPSA) is 433 Å². The molecule has 27 nitrogen and oxygen atoms in total. The molecule has 0 aromatic heterocycles. The number of ether oxygens (including phenoxy) is 10. The molecule has 5 saturated heterocycles. The number of aliphatic carboxylic acids is 1. The summed E-state index contributed by atoms with van der Waals surface area (Å²) in [6.07, 6.45) is -38.6. The number of rotatable bonds is 13. The lowest BCUT2D eigenvalue weighted by atomic mass is 9.33. The van der Waals surface area contributed by atoms with E-state index in [4.69, 9.17) is 47.4 Å². The number of carboxylic acid groups (broad SMARTS) is 1.